The molecule has 15 nitrogen and oxygen atoms in total. The molecule has 0 saturated carbocycles. The summed E-state index contributed by atoms with van der Waals surface area (Å²) in [5, 5.41) is 26.0. The van der Waals surface area contributed by atoms with E-state index in [0.717, 1.165) is 0 Å². The minimum absolute atomic E-state index is 0.0392. The van der Waals surface area contributed by atoms with Gasteiger partial charge in [0.1, 0.15) is 12.1 Å². The van der Waals surface area contributed by atoms with Crippen molar-refractivity contribution in [2.45, 2.75) is 50.4 Å². The van der Waals surface area contributed by atoms with Crippen LogP contribution in [0.25, 0.3) is 0 Å². The van der Waals surface area contributed by atoms with Gasteiger partial charge in [0, 0.05) is 24.9 Å². The number of amides is 3. The van der Waals surface area contributed by atoms with Gasteiger partial charge in [0.2, 0.25) is 17.7 Å². The van der Waals surface area contributed by atoms with Gasteiger partial charge in [0.05, 0.1) is 25.0 Å². The second kappa shape index (κ2) is 13.6. The summed E-state index contributed by atoms with van der Waals surface area (Å²) in [6, 6.07) is -3.61. The van der Waals surface area contributed by atoms with E-state index in [9.17, 15) is 29.4 Å². The van der Waals surface area contributed by atoms with Crippen LogP contribution in [0.5, 0.6) is 0 Å². The van der Waals surface area contributed by atoms with Crippen molar-refractivity contribution < 1.29 is 29.4 Å². The summed E-state index contributed by atoms with van der Waals surface area (Å²) < 4.78 is 0. The van der Waals surface area contributed by atoms with Crippen LogP contribution >= 0.6 is 0 Å². The SMILES string of the molecule is CC(O)C(NC(=O)C(N)CCCN=C(N)N)C(=O)NCC(=O)NC(Cc1cnc[nH]1)C(=O)O. The number of imidazole rings is 1. The third kappa shape index (κ3) is 10.4. The second-order valence-corrected chi connectivity index (χ2v) is 7.24. The second-order valence-electron chi connectivity index (χ2n) is 7.24. The number of aromatic nitrogens is 2. The van der Waals surface area contributed by atoms with E-state index in [0.29, 0.717) is 12.1 Å². The van der Waals surface area contributed by atoms with Gasteiger partial charge in [-0.2, -0.15) is 0 Å². The lowest BCUT2D eigenvalue weighted by molar-refractivity contribution is -0.141. The molecule has 1 rings (SSSR count). The normalized spacial score (nSPS) is 14.3. The van der Waals surface area contributed by atoms with Crippen LogP contribution < -0.4 is 33.2 Å². The number of hydrogen-bond acceptors (Lipinski definition) is 8. The number of carbonyl (C=O) groups is 4. The predicted molar refractivity (Wildman–Crippen MR) is 116 cm³/mol. The minimum atomic E-state index is -1.38. The van der Waals surface area contributed by atoms with Crippen LogP contribution in [0.2, 0.25) is 0 Å². The highest BCUT2D eigenvalue weighted by molar-refractivity contribution is 5.92. The van der Waals surface area contributed by atoms with E-state index in [2.05, 4.69) is 30.9 Å². The van der Waals surface area contributed by atoms with Crippen molar-refractivity contribution >= 4 is 29.7 Å². The molecule has 0 saturated heterocycles. The number of aliphatic carboxylic acids is 1. The minimum Gasteiger partial charge on any atom is -0.480 e. The zero-order chi connectivity index (χ0) is 25.0. The zero-order valence-corrected chi connectivity index (χ0v) is 18.2. The van der Waals surface area contributed by atoms with Crippen molar-refractivity contribution in [3.05, 3.63) is 18.2 Å². The third-order valence-electron chi connectivity index (χ3n) is 4.40. The summed E-state index contributed by atoms with van der Waals surface area (Å²) in [6.07, 6.45) is 2.11. The molecule has 0 aliphatic heterocycles. The smallest absolute Gasteiger partial charge is 0.326 e. The number of aliphatic hydroxyl groups excluding tert-OH is 1. The van der Waals surface area contributed by atoms with Crippen LogP contribution in [0.15, 0.2) is 17.5 Å². The molecular formula is C18H31N9O6. The van der Waals surface area contributed by atoms with Gasteiger partial charge in [-0.05, 0) is 19.8 Å². The molecule has 0 fully saturated rings. The van der Waals surface area contributed by atoms with E-state index in [1.54, 1.807) is 0 Å². The van der Waals surface area contributed by atoms with Gasteiger partial charge in [-0.1, -0.05) is 0 Å². The van der Waals surface area contributed by atoms with Gasteiger partial charge in [0.25, 0.3) is 0 Å². The highest BCUT2D eigenvalue weighted by Crippen LogP contribution is 2.00. The average molecular weight is 470 g/mol. The number of nitrogens with one attached hydrogen (secondary N) is 4. The number of aliphatic imine (C=N–C) groups is 1. The van der Waals surface area contributed by atoms with Crippen molar-refractivity contribution in [1.29, 1.82) is 0 Å². The van der Waals surface area contributed by atoms with Crippen molar-refractivity contribution in [1.82, 2.24) is 25.9 Å². The van der Waals surface area contributed by atoms with Gasteiger partial charge in [-0.25, -0.2) is 9.78 Å². The largest absolute Gasteiger partial charge is 0.480 e. The maximum absolute atomic E-state index is 12.4. The summed E-state index contributed by atoms with van der Waals surface area (Å²) in [7, 11) is 0. The van der Waals surface area contributed by atoms with Crippen molar-refractivity contribution in [3.63, 3.8) is 0 Å². The molecule has 1 heterocycles. The number of carbonyl (C=O) groups excluding carboxylic acids is 3. The maximum Gasteiger partial charge on any atom is 0.326 e. The number of nitrogens with zero attached hydrogens (tertiary/aromatic N) is 2. The number of aliphatic hydroxyl groups is 1. The molecule has 15 heteroatoms. The molecule has 3 amide bonds. The number of carboxylic acid groups (broad SMARTS) is 1. The standard InChI is InChI=1S/C18H31N9O6/c1-9(28)14(27-15(30)11(19)3-2-4-23-18(20)21)16(31)24-7-13(29)26-12(17(32)33)5-10-6-22-8-25-10/h6,8-9,11-12,14,28H,2-5,7,19H2,1H3,(H,22,25)(H,24,31)(H,26,29)(H,27,30)(H,32,33)(H4,20,21,23). The maximum atomic E-state index is 12.4. The zero-order valence-electron chi connectivity index (χ0n) is 18.2. The number of H-pyrrole nitrogens is 1. The van der Waals surface area contributed by atoms with Gasteiger partial charge >= 0.3 is 5.97 Å². The molecule has 4 unspecified atom stereocenters. The Hall–Kier alpha value is -3.72. The first-order valence-electron chi connectivity index (χ1n) is 10.1. The lowest BCUT2D eigenvalue weighted by atomic mass is 10.1. The van der Waals surface area contributed by atoms with Gasteiger partial charge in [-0.3, -0.25) is 19.4 Å². The molecule has 0 aliphatic carbocycles. The molecule has 0 spiro atoms. The average Bonchev–Trinajstić information content (AvgIpc) is 3.25. The summed E-state index contributed by atoms with van der Waals surface area (Å²) in [5.41, 5.74) is 16.7. The van der Waals surface area contributed by atoms with Crippen LogP contribution in [-0.2, 0) is 25.6 Å². The molecule has 0 radical (unpaired) electrons. The highest BCUT2D eigenvalue weighted by atomic mass is 16.4. The molecule has 33 heavy (non-hydrogen) atoms. The lowest BCUT2D eigenvalue weighted by Crippen LogP contribution is -2.57. The number of nitrogens with two attached hydrogens (primary N) is 3. The summed E-state index contributed by atoms with van der Waals surface area (Å²) in [4.78, 5) is 58.3. The molecule has 0 aromatic carbocycles. The Kier molecular flexibility index (Phi) is 11.3. The van der Waals surface area contributed by atoms with Gasteiger partial charge < -0.3 is 48.3 Å². The first-order chi connectivity index (χ1) is 15.5. The number of carboxylic acids is 1. The Labute approximate surface area is 189 Å². The fraction of sp³-hybridized carbons (Fsp3) is 0.556. The van der Waals surface area contributed by atoms with Crippen molar-refractivity contribution in [2.24, 2.45) is 22.2 Å². The molecule has 1 aromatic rings. The van der Waals surface area contributed by atoms with Gasteiger partial charge in [-0.15, -0.1) is 0 Å². The van der Waals surface area contributed by atoms with E-state index in [-0.39, 0.29) is 25.3 Å². The van der Waals surface area contributed by atoms with E-state index in [4.69, 9.17) is 17.2 Å². The van der Waals surface area contributed by atoms with Crippen LogP contribution in [0.4, 0.5) is 0 Å². The first-order valence-corrected chi connectivity index (χ1v) is 10.1. The molecule has 12 N–H and O–H groups in total. The summed E-state index contributed by atoms with van der Waals surface area (Å²) in [6.45, 7) is 0.978. The fourth-order valence-electron chi connectivity index (χ4n) is 2.65. The monoisotopic (exact) mass is 469 g/mol. The third-order valence-corrected chi connectivity index (χ3v) is 4.40. The predicted octanol–water partition coefficient (Wildman–Crippen LogP) is -4.12. The van der Waals surface area contributed by atoms with E-state index in [1.807, 2.05) is 0 Å². The molecule has 1 aromatic heterocycles. The Bertz CT molecular complexity index is 823. The molecule has 4 atom stereocenters. The first kappa shape index (κ1) is 27.3. The van der Waals surface area contributed by atoms with Gasteiger partial charge in [0.15, 0.2) is 5.96 Å². The summed E-state index contributed by atoms with van der Waals surface area (Å²) >= 11 is 0. The van der Waals surface area contributed by atoms with E-state index < -0.39 is 54.5 Å². The van der Waals surface area contributed by atoms with Crippen LogP contribution in [0.1, 0.15) is 25.5 Å². The molecule has 184 valence electrons. The van der Waals surface area contributed by atoms with Crippen LogP contribution in [0, 0.1) is 0 Å². The summed E-state index contributed by atoms with van der Waals surface area (Å²) in [5.74, 6) is -3.66. The molecule has 0 aliphatic rings. The van der Waals surface area contributed by atoms with E-state index >= 15 is 0 Å². The number of guanidine groups is 1. The molecule has 0 bridgehead atoms. The van der Waals surface area contributed by atoms with Crippen molar-refractivity contribution in [3.8, 4) is 0 Å². The number of aromatic amines is 1. The van der Waals surface area contributed by atoms with Crippen molar-refractivity contribution in [2.75, 3.05) is 13.1 Å². The number of hydrogen-bond donors (Lipinski definition) is 9. The topological polar surface area (TPSA) is 264 Å². The van der Waals surface area contributed by atoms with Crippen LogP contribution in [-0.4, -0.2) is 87.2 Å². The fourth-order valence-corrected chi connectivity index (χ4v) is 2.65. The lowest BCUT2D eigenvalue weighted by Gasteiger charge is -2.23. The van der Waals surface area contributed by atoms with Crippen LogP contribution in [0.3, 0.4) is 0 Å². The Morgan fingerprint density at radius 1 is 1.21 bits per heavy atom. The molecular weight excluding hydrogens is 438 g/mol. The number of rotatable bonds is 14. The van der Waals surface area contributed by atoms with E-state index in [1.165, 1.54) is 19.4 Å². The Balaban J connectivity index is 2.55. The highest BCUT2D eigenvalue weighted by Gasteiger charge is 2.28. The Morgan fingerprint density at radius 3 is 2.45 bits per heavy atom. The quantitative estimate of drug-likeness (QED) is 0.0721. The Morgan fingerprint density at radius 2 is 1.91 bits per heavy atom.